The number of rotatable bonds is 1. The molecule has 2 heterocycles. The minimum atomic E-state index is 0.292. The molecule has 0 aromatic rings. The molecule has 0 bridgehead atoms. The van der Waals surface area contributed by atoms with Crippen LogP contribution >= 0.6 is 0 Å². The molecule has 0 saturated carbocycles. The lowest BCUT2D eigenvalue weighted by Crippen LogP contribution is -2.53. The molecule has 3 nitrogen and oxygen atoms in total. The highest BCUT2D eigenvalue weighted by Gasteiger charge is 2.33. The molecule has 0 radical (unpaired) electrons. The summed E-state index contributed by atoms with van der Waals surface area (Å²) in [5, 5.41) is 3.55. The van der Waals surface area contributed by atoms with Crippen LogP contribution in [0.3, 0.4) is 0 Å². The summed E-state index contributed by atoms with van der Waals surface area (Å²) < 4.78 is 5.94. The molecule has 2 aliphatic heterocycles. The van der Waals surface area contributed by atoms with E-state index < -0.39 is 0 Å². The van der Waals surface area contributed by atoms with E-state index in [2.05, 4.69) is 31.1 Å². The number of piperidine rings is 1. The summed E-state index contributed by atoms with van der Waals surface area (Å²) in [6.45, 7) is 8.90. The van der Waals surface area contributed by atoms with Gasteiger partial charge < -0.3 is 9.64 Å². The van der Waals surface area contributed by atoms with E-state index in [9.17, 15) is 0 Å². The number of hydrogen-bond acceptors (Lipinski definition) is 3. The van der Waals surface area contributed by atoms with E-state index in [0.717, 1.165) is 13.2 Å². The van der Waals surface area contributed by atoms with Gasteiger partial charge in [0, 0.05) is 24.4 Å². The molecule has 0 aromatic heterocycles. The van der Waals surface area contributed by atoms with E-state index in [1.165, 1.54) is 25.9 Å². The third-order valence-electron chi connectivity index (χ3n) is 3.52. The molecule has 88 valence electrons. The largest absolute Gasteiger partial charge is 0.362 e. The third-order valence-corrected chi connectivity index (χ3v) is 3.52. The first-order valence-electron chi connectivity index (χ1n) is 6.10. The number of ether oxygens (including phenoxy) is 1. The van der Waals surface area contributed by atoms with Gasteiger partial charge in [-0.1, -0.05) is 13.8 Å². The zero-order chi connectivity index (χ0) is 10.9. The molecule has 2 atom stereocenters. The molecule has 1 N–H and O–H groups in total. The summed E-state index contributed by atoms with van der Waals surface area (Å²) in [4.78, 5) is 2.42. The van der Waals surface area contributed by atoms with E-state index >= 15 is 0 Å². The van der Waals surface area contributed by atoms with Crippen LogP contribution in [0.5, 0.6) is 0 Å². The summed E-state index contributed by atoms with van der Waals surface area (Å²) in [6.07, 6.45) is 2.91. The van der Waals surface area contributed by atoms with Crippen molar-refractivity contribution in [3.05, 3.63) is 0 Å². The summed E-state index contributed by atoms with van der Waals surface area (Å²) in [5.74, 6) is 0.680. The van der Waals surface area contributed by atoms with E-state index in [1.807, 2.05) is 0 Å². The van der Waals surface area contributed by atoms with E-state index in [4.69, 9.17) is 4.74 Å². The Labute approximate surface area is 93.2 Å². The Balaban J connectivity index is 1.84. The van der Waals surface area contributed by atoms with Gasteiger partial charge in [-0.2, -0.15) is 0 Å². The molecular weight excluding hydrogens is 188 g/mol. The van der Waals surface area contributed by atoms with Gasteiger partial charge in [-0.3, -0.25) is 5.32 Å². The molecule has 0 spiro atoms. The minimum absolute atomic E-state index is 0.292. The first kappa shape index (κ1) is 11.4. The Kier molecular flexibility index (Phi) is 3.33. The SMILES string of the molecule is CN1CCCC(C2NCC(C)(C)CO2)C1. The van der Waals surface area contributed by atoms with Crippen LogP contribution in [0.15, 0.2) is 0 Å². The predicted molar refractivity (Wildman–Crippen MR) is 61.7 cm³/mol. The second-order valence-electron chi connectivity index (χ2n) is 5.94. The topological polar surface area (TPSA) is 24.5 Å². The van der Waals surface area contributed by atoms with Crippen molar-refractivity contribution in [3.63, 3.8) is 0 Å². The molecule has 0 aromatic carbocycles. The molecule has 2 saturated heterocycles. The van der Waals surface area contributed by atoms with E-state index in [0.29, 0.717) is 17.6 Å². The molecule has 2 aliphatic rings. The normalized spacial score (nSPS) is 37.8. The standard InChI is InChI=1S/C12H24N2O/c1-12(2)8-13-11(15-9-12)10-5-4-6-14(3)7-10/h10-11,13H,4-9H2,1-3H3. The van der Waals surface area contributed by atoms with Gasteiger partial charge in [0.15, 0.2) is 0 Å². The van der Waals surface area contributed by atoms with Crippen molar-refractivity contribution < 1.29 is 4.74 Å². The van der Waals surface area contributed by atoms with Gasteiger partial charge >= 0.3 is 0 Å². The van der Waals surface area contributed by atoms with Crippen molar-refractivity contribution in [2.24, 2.45) is 11.3 Å². The van der Waals surface area contributed by atoms with Gasteiger partial charge in [0.05, 0.1) is 6.61 Å². The van der Waals surface area contributed by atoms with Crippen LogP contribution in [0.1, 0.15) is 26.7 Å². The zero-order valence-electron chi connectivity index (χ0n) is 10.3. The molecule has 0 amide bonds. The predicted octanol–water partition coefficient (Wildman–Crippen LogP) is 1.30. The van der Waals surface area contributed by atoms with E-state index in [-0.39, 0.29) is 0 Å². The van der Waals surface area contributed by atoms with Crippen LogP contribution in [0, 0.1) is 11.3 Å². The quantitative estimate of drug-likeness (QED) is 0.709. The summed E-state index contributed by atoms with van der Waals surface area (Å²) >= 11 is 0. The molecule has 0 aliphatic carbocycles. The van der Waals surface area contributed by atoms with Crippen LogP contribution in [0.25, 0.3) is 0 Å². The Morgan fingerprint density at radius 2 is 2.20 bits per heavy atom. The lowest BCUT2D eigenvalue weighted by atomic mass is 9.90. The van der Waals surface area contributed by atoms with Crippen molar-refractivity contribution >= 4 is 0 Å². The minimum Gasteiger partial charge on any atom is -0.362 e. The summed E-state index contributed by atoms with van der Waals surface area (Å²) in [6, 6.07) is 0. The first-order valence-corrected chi connectivity index (χ1v) is 6.10. The highest BCUT2D eigenvalue weighted by Crippen LogP contribution is 2.26. The molecule has 3 heteroatoms. The third kappa shape index (κ3) is 2.92. The molecule has 15 heavy (non-hydrogen) atoms. The Bertz CT molecular complexity index is 208. The van der Waals surface area contributed by atoms with Crippen molar-refractivity contribution in [3.8, 4) is 0 Å². The van der Waals surface area contributed by atoms with Crippen molar-refractivity contribution in [2.45, 2.75) is 32.9 Å². The molecule has 2 fully saturated rings. The molecule has 2 rings (SSSR count). The van der Waals surface area contributed by atoms with Crippen molar-refractivity contribution in [2.75, 3.05) is 33.3 Å². The lowest BCUT2D eigenvalue weighted by Gasteiger charge is -2.41. The fourth-order valence-corrected chi connectivity index (χ4v) is 2.56. The van der Waals surface area contributed by atoms with Gasteiger partial charge in [0.2, 0.25) is 0 Å². The second-order valence-corrected chi connectivity index (χ2v) is 5.94. The second kappa shape index (κ2) is 4.40. The van der Waals surface area contributed by atoms with Crippen LogP contribution in [-0.2, 0) is 4.74 Å². The first-order chi connectivity index (χ1) is 7.07. The highest BCUT2D eigenvalue weighted by molar-refractivity contribution is 4.83. The van der Waals surface area contributed by atoms with Crippen LogP contribution in [0.2, 0.25) is 0 Å². The van der Waals surface area contributed by atoms with Crippen molar-refractivity contribution in [1.29, 1.82) is 0 Å². The fourth-order valence-electron chi connectivity index (χ4n) is 2.56. The smallest absolute Gasteiger partial charge is 0.112 e. The lowest BCUT2D eigenvalue weighted by molar-refractivity contribution is -0.0954. The van der Waals surface area contributed by atoms with Gasteiger partial charge in [-0.25, -0.2) is 0 Å². The summed E-state index contributed by atoms with van der Waals surface area (Å²) in [7, 11) is 2.21. The number of nitrogens with zero attached hydrogens (tertiary/aromatic N) is 1. The Morgan fingerprint density at radius 3 is 2.80 bits per heavy atom. The van der Waals surface area contributed by atoms with E-state index in [1.54, 1.807) is 0 Å². The maximum atomic E-state index is 5.94. The Morgan fingerprint density at radius 1 is 1.40 bits per heavy atom. The zero-order valence-corrected chi connectivity index (χ0v) is 10.3. The monoisotopic (exact) mass is 212 g/mol. The summed E-state index contributed by atoms with van der Waals surface area (Å²) in [5.41, 5.74) is 0.303. The maximum Gasteiger partial charge on any atom is 0.112 e. The van der Waals surface area contributed by atoms with Gasteiger partial charge in [0.1, 0.15) is 6.23 Å². The van der Waals surface area contributed by atoms with Crippen LogP contribution in [-0.4, -0.2) is 44.4 Å². The number of hydrogen-bond donors (Lipinski definition) is 1. The highest BCUT2D eigenvalue weighted by atomic mass is 16.5. The maximum absolute atomic E-state index is 5.94. The van der Waals surface area contributed by atoms with Crippen molar-refractivity contribution in [1.82, 2.24) is 10.2 Å². The number of likely N-dealkylation sites (tertiary alicyclic amines) is 1. The van der Waals surface area contributed by atoms with Crippen LogP contribution in [0.4, 0.5) is 0 Å². The number of nitrogens with one attached hydrogen (secondary N) is 1. The molecule has 2 unspecified atom stereocenters. The fraction of sp³-hybridized carbons (Fsp3) is 1.00. The average molecular weight is 212 g/mol. The van der Waals surface area contributed by atoms with Gasteiger partial charge in [-0.15, -0.1) is 0 Å². The van der Waals surface area contributed by atoms with Gasteiger partial charge in [0.25, 0.3) is 0 Å². The molecular formula is C12H24N2O. The Hall–Kier alpha value is -0.120. The van der Waals surface area contributed by atoms with Gasteiger partial charge in [-0.05, 0) is 26.4 Å². The van der Waals surface area contributed by atoms with Crippen LogP contribution < -0.4 is 5.32 Å². The average Bonchev–Trinajstić information content (AvgIpc) is 2.17.